The van der Waals surface area contributed by atoms with E-state index in [0.717, 1.165) is 37.4 Å². The van der Waals surface area contributed by atoms with Crippen molar-refractivity contribution in [3.05, 3.63) is 29.3 Å². The number of nitrogens with zero attached hydrogens (tertiary/aromatic N) is 1. The van der Waals surface area contributed by atoms with E-state index in [1.807, 2.05) is 19.1 Å². The molecule has 1 heterocycles. The Labute approximate surface area is 107 Å². The van der Waals surface area contributed by atoms with Gasteiger partial charge in [0.1, 0.15) is 0 Å². The van der Waals surface area contributed by atoms with Crippen LogP contribution in [0.25, 0.3) is 0 Å². The van der Waals surface area contributed by atoms with Gasteiger partial charge >= 0.3 is 5.97 Å². The lowest BCUT2D eigenvalue weighted by molar-refractivity contribution is 0.0697. The molecule has 1 aromatic carbocycles. The van der Waals surface area contributed by atoms with E-state index in [0.29, 0.717) is 11.5 Å². The number of ether oxygens (including phenoxy) is 1. The van der Waals surface area contributed by atoms with Gasteiger partial charge in [0.2, 0.25) is 0 Å². The Hall–Kier alpha value is -1.55. The number of aromatic carboxylic acids is 1. The van der Waals surface area contributed by atoms with Crippen molar-refractivity contribution in [1.82, 2.24) is 0 Å². The van der Waals surface area contributed by atoms with Crippen molar-refractivity contribution in [2.24, 2.45) is 5.92 Å². The van der Waals surface area contributed by atoms with Crippen LogP contribution in [-0.4, -0.2) is 37.9 Å². The van der Waals surface area contributed by atoms with Crippen molar-refractivity contribution < 1.29 is 14.6 Å². The highest BCUT2D eigenvalue weighted by Gasteiger charge is 2.25. The van der Waals surface area contributed by atoms with Crippen molar-refractivity contribution in [1.29, 1.82) is 0 Å². The van der Waals surface area contributed by atoms with E-state index in [4.69, 9.17) is 4.74 Å². The highest BCUT2D eigenvalue weighted by molar-refractivity contribution is 5.94. The second-order valence-electron chi connectivity index (χ2n) is 4.88. The molecular weight excluding hydrogens is 230 g/mol. The van der Waals surface area contributed by atoms with Crippen LogP contribution in [0.5, 0.6) is 0 Å². The third-order valence-electron chi connectivity index (χ3n) is 3.41. The Morgan fingerprint density at radius 3 is 3.00 bits per heavy atom. The summed E-state index contributed by atoms with van der Waals surface area (Å²) in [5, 5.41) is 9.27. The first-order valence-corrected chi connectivity index (χ1v) is 6.19. The molecule has 0 aliphatic carbocycles. The molecule has 1 aromatic rings. The van der Waals surface area contributed by atoms with Crippen LogP contribution in [-0.2, 0) is 4.74 Å². The van der Waals surface area contributed by atoms with E-state index < -0.39 is 5.97 Å². The lowest BCUT2D eigenvalue weighted by Gasteiger charge is -2.21. The molecule has 0 aromatic heterocycles. The van der Waals surface area contributed by atoms with Gasteiger partial charge in [0, 0.05) is 26.1 Å². The number of carbonyl (C=O) groups is 1. The number of rotatable bonds is 4. The molecule has 0 radical (unpaired) electrons. The third kappa shape index (κ3) is 2.64. The number of hydrogen-bond donors (Lipinski definition) is 1. The fraction of sp³-hybridized carbons (Fsp3) is 0.500. The van der Waals surface area contributed by atoms with Gasteiger partial charge in [-0.1, -0.05) is 11.6 Å². The maximum atomic E-state index is 11.3. The number of hydrogen-bond acceptors (Lipinski definition) is 3. The van der Waals surface area contributed by atoms with Crippen LogP contribution in [0.1, 0.15) is 22.3 Å². The average Bonchev–Trinajstić information content (AvgIpc) is 2.78. The zero-order chi connectivity index (χ0) is 13.1. The lowest BCUT2D eigenvalue weighted by Crippen LogP contribution is -2.23. The fourth-order valence-corrected chi connectivity index (χ4v) is 2.52. The molecule has 1 unspecified atom stereocenters. The first kappa shape index (κ1) is 12.9. The molecule has 98 valence electrons. The summed E-state index contributed by atoms with van der Waals surface area (Å²) in [4.78, 5) is 13.4. The monoisotopic (exact) mass is 249 g/mol. The summed E-state index contributed by atoms with van der Waals surface area (Å²) < 4.78 is 5.16. The predicted molar refractivity (Wildman–Crippen MR) is 70.3 cm³/mol. The first-order valence-electron chi connectivity index (χ1n) is 6.19. The van der Waals surface area contributed by atoms with Crippen LogP contribution in [0.15, 0.2) is 18.2 Å². The molecule has 0 spiro atoms. The Bertz CT molecular complexity index is 445. The van der Waals surface area contributed by atoms with E-state index in [-0.39, 0.29) is 0 Å². The van der Waals surface area contributed by atoms with Gasteiger partial charge in [-0.05, 0) is 25.5 Å². The highest BCUT2D eigenvalue weighted by Crippen LogP contribution is 2.28. The maximum Gasteiger partial charge on any atom is 0.337 e. The maximum absolute atomic E-state index is 11.3. The molecule has 1 saturated heterocycles. The second kappa shape index (κ2) is 5.40. The smallest absolute Gasteiger partial charge is 0.337 e. The van der Waals surface area contributed by atoms with Crippen molar-refractivity contribution in [3.63, 3.8) is 0 Å². The van der Waals surface area contributed by atoms with E-state index in [9.17, 15) is 9.90 Å². The Morgan fingerprint density at radius 1 is 1.56 bits per heavy atom. The number of aryl methyl sites for hydroxylation is 1. The third-order valence-corrected chi connectivity index (χ3v) is 3.41. The molecule has 1 aliphatic heterocycles. The number of carboxylic acids is 1. The summed E-state index contributed by atoms with van der Waals surface area (Å²) >= 11 is 0. The number of anilines is 1. The van der Waals surface area contributed by atoms with Crippen LogP contribution < -0.4 is 4.90 Å². The van der Waals surface area contributed by atoms with Crippen LogP contribution in [0, 0.1) is 12.8 Å². The van der Waals surface area contributed by atoms with Gasteiger partial charge in [-0.2, -0.15) is 0 Å². The summed E-state index contributed by atoms with van der Waals surface area (Å²) in [6.45, 7) is 4.42. The van der Waals surface area contributed by atoms with Gasteiger partial charge in [0.25, 0.3) is 0 Å². The molecule has 0 amide bonds. The quantitative estimate of drug-likeness (QED) is 0.888. The fourth-order valence-electron chi connectivity index (χ4n) is 2.52. The minimum absolute atomic E-state index is 0.396. The molecule has 1 atom stereocenters. The normalized spacial score (nSPS) is 19.2. The van der Waals surface area contributed by atoms with Gasteiger partial charge in [-0.15, -0.1) is 0 Å². The molecule has 0 bridgehead atoms. The Morgan fingerprint density at radius 2 is 2.33 bits per heavy atom. The summed E-state index contributed by atoms with van der Waals surface area (Å²) in [6.07, 6.45) is 1.06. The summed E-state index contributed by atoms with van der Waals surface area (Å²) in [7, 11) is 1.71. The zero-order valence-electron chi connectivity index (χ0n) is 10.8. The van der Waals surface area contributed by atoms with Crippen LogP contribution in [0.3, 0.4) is 0 Å². The zero-order valence-corrected chi connectivity index (χ0v) is 10.8. The second-order valence-corrected chi connectivity index (χ2v) is 4.88. The number of benzene rings is 1. The first-order chi connectivity index (χ1) is 8.61. The van der Waals surface area contributed by atoms with Gasteiger partial charge in [0.15, 0.2) is 0 Å². The minimum Gasteiger partial charge on any atom is -0.478 e. The number of methoxy groups -OCH3 is 1. The molecular formula is C14H19NO3. The summed E-state index contributed by atoms with van der Waals surface area (Å²) in [5.74, 6) is -0.359. The Balaban J connectivity index is 2.21. The SMILES string of the molecule is COCC1CCN(c2ccc(C)cc2C(=O)O)C1. The largest absolute Gasteiger partial charge is 0.478 e. The van der Waals surface area contributed by atoms with Crippen molar-refractivity contribution in [2.45, 2.75) is 13.3 Å². The number of carboxylic acid groups (broad SMARTS) is 1. The Kier molecular flexibility index (Phi) is 3.87. The molecule has 4 nitrogen and oxygen atoms in total. The highest BCUT2D eigenvalue weighted by atomic mass is 16.5. The molecule has 1 aliphatic rings. The van der Waals surface area contributed by atoms with E-state index >= 15 is 0 Å². The van der Waals surface area contributed by atoms with Crippen molar-refractivity contribution in [3.8, 4) is 0 Å². The lowest BCUT2D eigenvalue weighted by atomic mass is 10.1. The van der Waals surface area contributed by atoms with E-state index in [2.05, 4.69) is 4.90 Å². The average molecular weight is 249 g/mol. The van der Waals surface area contributed by atoms with E-state index in [1.54, 1.807) is 13.2 Å². The van der Waals surface area contributed by atoms with Gasteiger partial charge in [-0.25, -0.2) is 4.79 Å². The molecule has 1 N–H and O–H groups in total. The summed E-state index contributed by atoms with van der Waals surface area (Å²) in [5.41, 5.74) is 2.20. The minimum atomic E-state index is -0.858. The van der Waals surface area contributed by atoms with Gasteiger partial charge < -0.3 is 14.7 Å². The standard InChI is InChI=1S/C14H19NO3/c1-10-3-4-13(12(7-10)14(16)17)15-6-5-11(8-15)9-18-2/h3-4,7,11H,5-6,8-9H2,1-2H3,(H,16,17). The van der Waals surface area contributed by atoms with Crippen LogP contribution >= 0.6 is 0 Å². The topological polar surface area (TPSA) is 49.8 Å². The van der Waals surface area contributed by atoms with Crippen LogP contribution in [0.4, 0.5) is 5.69 Å². The predicted octanol–water partition coefficient (Wildman–Crippen LogP) is 2.17. The molecule has 0 saturated carbocycles. The van der Waals surface area contributed by atoms with Crippen molar-refractivity contribution >= 4 is 11.7 Å². The van der Waals surface area contributed by atoms with Gasteiger partial charge in [-0.3, -0.25) is 0 Å². The molecule has 4 heteroatoms. The molecule has 1 fully saturated rings. The van der Waals surface area contributed by atoms with Crippen LogP contribution in [0.2, 0.25) is 0 Å². The molecule has 2 rings (SSSR count). The van der Waals surface area contributed by atoms with Gasteiger partial charge in [0.05, 0.1) is 17.9 Å². The van der Waals surface area contributed by atoms with E-state index in [1.165, 1.54) is 0 Å². The summed E-state index contributed by atoms with van der Waals surface area (Å²) in [6, 6.07) is 5.61. The molecule has 18 heavy (non-hydrogen) atoms. The van der Waals surface area contributed by atoms with Crippen molar-refractivity contribution in [2.75, 3.05) is 31.7 Å².